The van der Waals surface area contributed by atoms with Crippen molar-refractivity contribution >= 4 is 23.4 Å². The van der Waals surface area contributed by atoms with Crippen LogP contribution in [0.25, 0.3) is 0 Å². The van der Waals surface area contributed by atoms with Crippen LogP contribution in [0.15, 0.2) is 29.2 Å². The molecule has 0 bridgehead atoms. The van der Waals surface area contributed by atoms with E-state index >= 15 is 0 Å². The molecule has 0 aliphatic carbocycles. The van der Waals surface area contributed by atoms with E-state index in [1.54, 1.807) is 11.8 Å². The number of morpholine rings is 1. The fourth-order valence-electron chi connectivity index (χ4n) is 2.08. The van der Waals surface area contributed by atoms with E-state index in [1.807, 2.05) is 25.1 Å². The molecule has 104 valence electrons. The van der Waals surface area contributed by atoms with Crippen LogP contribution in [0.2, 0.25) is 0 Å². The predicted octanol–water partition coefficient (Wildman–Crippen LogP) is 2.11. The van der Waals surface area contributed by atoms with Crippen LogP contribution in [-0.4, -0.2) is 37.0 Å². The maximum absolute atomic E-state index is 12.2. The fraction of sp³-hybridized carbons (Fsp3) is 0.500. The highest BCUT2D eigenvalue weighted by molar-refractivity contribution is 7.99. The van der Waals surface area contributed by atoms with Crippen LogP contribution in [0, 0.1) is 0 Å². The quantitative estimate of drug-likeness (QED) is 0.830. The van der Waals surface area contributed by atoms with Crippen LogP contribution in [-0.2, 0) is 9.53 Å². The minimum atomic E-state index is -0.281. The number of nitrogens with one attached hydrogen (secondary N) is 2. The summed E-state index contributed by atoms with van der Waals surface area (Å²) >= 11 is 1.76. The van der Waals surface area contributed by atoms with Gasteiger partial charge in [-0.3, -0.25) is 4.79 Å². The highest BCUT2D eigenvalue weighted by Crippen LogP contribution is 2.21. The molecule has 1 aliphatic rings. The van der Waals surface area contributed by atoms with Gasteiger partial charge in [-0.15, -0.1) is 11.8 Å². The summed E-state index contributed by atoms with van der Waals surface area (Å²) in [5.41, 5.74) is 0.836. The third-order valence-electron chi connectivity index (χ3n) is 3.01. The van der Waals surface area contributed by atoms with E-state index in [9.17, 15) is 4.79 Å². The molecule has 0 radical (unpaired) electrons. The van der Waals surface area contributed by atoms with Crippen LogP contribution >= 0.6 is 11.8 Å². The predicted molar refractivity (Wildman–Crippen MR) is 78.7 cm³/mol. The summed E-state index contributed by atoms with van der Waals surface area (Å²) in [6, 6.07) is 7.64. The Bertz CT molecular complexity index is 439. The maximum Gasteiger partial charge on any atom is 0.244 e. The minimum Gasteiger partial charge on any atom is -0.375 e. The Balaban J connectivity index is 1.99. The van der Waals surface area contributed by atoms with Gasteiger partial charge in [0.2, 0.25) is 5.91 Å². The van der Waals surface area contributed by atoms with Crippen molar-refractivity contribution in [3.63, 3.8) is 0 Å². The summed E-state index contributed by atoms with van der Waals surface area (Å²) in [6.45, 7) is 5.41. The van der Waals surface area contributed by atoms with E-state index in [2.05, 4.69) is 23.6 Å². The smallest absolute Gasteiger partial charge is 0.244 e. The summed E-state index contributed by atoms with van der Waals surface area (Å²) in [6.07, 6.45) is -0.0954. The molecule has 1 aromatic carbocycles. The van der Waals surface area contributed by atoms with Gasteiger partial charge in [-0.05, 0) is 30.9 Å². The lowest BCUT2D eigenvalue weighted by molar-refractivity contribution is -0.123. The van der Waals surface area contributed by atoms with Crippen molar-refractivity contribution < 1.29 is 9.53 Å². The first-order chi connectivity index (χ1) is 9.20. The number of amides is 1. The van der Waals surface area contributed by atoms with Gasteiger partial charge in [0.1, 0.15) is 6.04 Å². The molecule has 1 saturated heterocycles. The number of ether oxygens (including phenoxy) is 1. The third kappa shape index (κ3) is 3.96. The first-order valence-electron chi connectivity index (χ1n) is 6.59. The Morgan fingerprint density at radius 1 is 1.58 bits per heavy atom. The number of carbonyl (C=O) groups excluding carboxylic acids is 1. The zero-order valence-electron chi connectivity index (χ0n) is 11.3. The number of rotatable bonds is 4. The highest BCUT2D eigenvalue weighted by Gasteiger charge is 2.28. The Hall–Kier alpha value is -1.04. The van der Waals surface area contributed by atoms with Crippen LogP contribution in [0.4, 0.5) is 5.69 Å². The van der Waals surface area contributed by atoms with Crippen molar-refractivity contribution in [1.82, 2.24) is 5.32 Å². The number of thioether (sulfide) groups is 1. The standard InChI is InChI=1S/C14H20N2O2S/c1-3-19-12-6-4-5-11(9-12)16-14(17)13-10(2)18-8-7-15-13/h4-6,9-10,13,15H,3,7-8H2,1-2H3,(H,16,17)/t10-,13+/m1/s1. The van der Waals surface area contributed by atoms with E-state index in [1.165, 1.54) is 4.90 Å². The van der Waals surface area contributed by atoms with E-state index in [0.717, 1.165) is 11.4 Å². The molecule has 1 heterocycles. The van der Waals surface area contributed by atoms with Gasteiger partial charge < -0.3 is 15.4 Å². The monoisotopic (exact) mass is 280 g/mol. The molecule has 1 amide bonds. The van der Waals surface area contributed by atoms with Crippen LogP contribution in [0.1, 0.15) is 13.8 Å². The third-order valence-corrected chi connectivity index (χ3v) is 3.89. The SMILES string of the molecule is CCSc1cccc(NC(=O)[C@H]2NCCO[C@@H]2C)c1. The van der Waals surface area contributed by atoms with E-state index in [0.29, 0.717) is 13.2 Å². The van der Waals surface area contributed by atoms with Crippen molar-refractivity contribution in [2.75, 3.05) is 24.2 Å². The van der Waals surface area contributed by atoms with Crippen molar-refractivity contribution in [2.24, 2.45) is 0 Å². The first kappa shape index (κ1) is 14.4. The Morgan fingerprint density at radius 3 is 3.16 bits per heavy atom. The van der Waals surface area contributed by atoms with Gasteiger partial charge in [0.15, 0.2) is 0 Å². The van der Waals surface area contributed by atoms with E-state index < -0.39 is 0 Å². The second-order valence-corrected chi connectivity index (χ2v) is 5.80. The van der Waals surface area contributed by atoms with Crippen LogP contribution < -0.4 is 10.6 Å². The summed E-state index contributed by atoms with van der Waals surface area (Å²) in [7, 11) is 0. The van der Waals surface area contributed by atoms with Gasteiger partial charge in [-0.1, -0.05) is 13.0 Å². The molecule has 2 atom stereocenters. The molecule has 1 aromatic rings. The number of anilines is 1. The van der Waals surface area contributed by atoms with Gasteiger partial charge in [-0.2, -0.15) is 0 Å². The van der Waals surface area contributed by atoms with Gasteiger partial charge in [0.05, 0.1) is 12.7 Å². The second-order valence-electron chi connectivity index (χ2n) is 4.46. The average molecular weight is 280 g/mol. The molecule has 0 spiro atoms. The molecular formula is C14H20N2O2S. The minimum absolute atomic E-state index is 0.0363. The summed E-state index contributed by atoms with van der Waals surface area (Å²) in [5, 5.41) is 6.13. The lowest BCUT2D eigenvalue weighted by Crippen LogP contribution is -2.53. The topological polar surface area (TPSA) is 50.4 Å². The zero-order valence-corrected chi connectivity index (χ0v) is 12.1. The zero-order chi connectivity index (χ0) is 13.7. The van der Waals surface area contributed by atoms with Crippen molar-refractivity contribution in [3.05, 3.63) is 24.3 Å². The molecule has 5 heteroatoms. The Kier molecular flexibility index (Phi) is 5.24. The number of carbonyl (C=O) groups is 1. The molecule has 0 unspecified atom stereocenters. The molecule has 0 saturated carbocycles. The Morgan fingerprint density at radius 2 is 2.42 bits per heavy atom. The lowest BCUT2D eigenvalue weighted by Gasteiger charge is -2.29. The van der Waals surface area contributed by atoms with Crippen molar-refractivity contribution in [1.29, 1.82) is 0 Å². The van der Waals surface area contributed by atoms with Crippen LogP contribution in [0.5, 0.6) is 0 Å². The van der Waals surface area contributed by atoms with Gasteiger partial charge in [0, 0.05) is 17.1 Å². The van der Waals surface area contributed by atoms with Gasteiger partial charge in [0.25, 0.3) is 0 Å². The summed E-state index contributed by atoms with van der Waals surface area (Å²) in [4.78, 5) is 13.4. The molecular weight excluding hydrogens is 260 g/mol. The molecule has 2 N–H and O–H groups in total. The van der Waals surface area contributed by atoms with Crippen molar-refractivity contribution in [2.45, 2.75) is 30.9 Å². The average Bonchev–Trinajstić information content (AvgIpc) is 2.40. The normalized spacial score (nSPS) is 23.1. The largest absolute Gasteiger partial charge is 0.375 e. The first-order valence-corrected chi connectivity index (χ1v) is 7.58. The number of hydrogen-bond acceptors (Lipinski definition) is 4. The van der Waals surface area contributed by atoms with Gasteiger partial charge in [-0.25, -0.2) is 0 Å². The highest BCUT2D eigenvalue weighted by atomic mass is 32.2. The number of benzene rings is 1. The van der Waals surface area contributed by atoms with E-state index in [4.69, 9.17) is 4.74 Å². The molecule has 1 aliphatic heterocycles. The molecule has 0 aromatic heterocycles. The lowest BCUT2D eigenvalue weighted by atomic mass is 10.1. The second kappa shape index (κ2) is 6.93. The molecule has 2 rings (SSSR count). The van der Waals surface area contributed by atoms with E-state index in [-0.39, 0.29) is 18.1 Å². The van der Waals surface area contributed by atoms with Crippen molar-refractivity contribution in [3.8, 4) is 0 Å². The Labute approximate surface area is 118 Å². The summed E-state index contributed by atoms with van der Waals surface area (Å²) < 4.78 is 5.48. The molecule has 4 nitrogen and oxygen atoms in total. The van der Waals surface area contributed by atoms with Gasteiger partial charge >= 0.3 is 0 Å². The molecule has 19 heavy (non-hydrogen) atoms. The van der Waals surface area contributed by atoms with Crippen LogP contribution in [0.3, 0.4) is 0 Å². The number of hydrogen-bond donors (Lipinski definition) is 2. The summed E-state index contributed by atoms with van der Waals surface area (Å²) in [5.74, 6) is 0.984. The molecule has 1 fully saturated rings. The maximum atomic E-state index is 12.2. The fourth-order valence-corrected chi connectivity index (χ4v) is 2.80.